The van der Waals surface area contributed by atoms with Gasteiger partial charge in [0.1, 0.15) is 11.6 Å². The second kappa shape index (κ2) is 9.43. The van der Waals surface area contributed by atoms with Gasteiger partial charge in [0, 0.05) is 24.7 Å². The number of aromatic nitrogens is 3. The maximum atomic E-state index is 10.3. The topological polar surface area (TPSA) is 86.5 Å². The summed E-state index contributed by atoms with van der Waals surface area (Å²) in [6, 6.07) is 12.2. The van der Waals surface area contributed by atoms with Gasteiger partial charge in [-0.25, -0.2) is 4.98 Å². The van der Waals surface area contributed by atoms with Crippen LogP contribution in [0.1, 0.15) is 37.3 Å². The lowest BCUT2D eigenvalue weighted by atomic mass is 10.0. The highest BCUT2D eigenvalue weighted by Crippen LogP contribution is 2.25. The van der Waals surface area contributed by atoms with Crippen molar-refractivity contribution in [3.63, 3.8) is 0 Å². The van der Waals surface area contributed by atoms with E-state index >= 15 is 0 Å². The zero-order valence-corrected chi connectivity index (χ0v) is 17.6. The first-order valence-corrected chi connectivity index (χ1v) is 9.93. The third-order valence-electron chi connectivity index (χ3n) is 5.22. The molecule has 7 nitrogen and oxygen atoms in total. The highest BCUT2D eigenvalue weighted by molar-refractivity contribution is 5.85. The molecule has 0 amide bonds. The molecule has 8 heteroatoms. The molecule has 0 radical (unpaired) electrons. The quantitative estimate of drug-likeness (QED) is 0.494. The monoisotopic (exact) mass is 416 g/mol. The third kappa shape index (κ3) is 4.80. The smallest absolute Gasteiger partial charge is 0.163 e. The molecular weight excluding hydrogens is 388 g/mol. The van der Waals surface area contributed by atoms with E-state index in [0.717, 1.165) is 42.4 Å². The molecule has 0 saturated carbocycles. The number of rotatable bonds is 6. The normalized spacial score (nSPS) is 19.2. The van der Waals surface area contributed by atoms with E-state index in [1.165, 1.54) is 5.56 Å². The third-order valence-corrected chi connectivity index (χ3v) is 5.22. The Kier molecular flexibility index (Phi) is 6.95. The van der Waals surface area contributed by atoms with E-state index in [0.29, 0.717) is 12.5 Å². The van der Waals surface area contributed by atoms with Gasteiger partial charge >= 0.3 is 0 Å². The van der Waals surface area contributed by atoms with Crippen molar-refractivity contribution < 1.29 is 5.11 Å². The van der Waals surface area contributed by atoms with Gasteiger partial charge in [-0.2, -0.15) is 9.61 Å². The molecule has 0 spiro atoms. The van der Waals surface area contributed by atoms with E-state index in [-0.39, 0.29) is 24.6 Å². The molecule has 4 N–H and O–H groups in total. The van der Waals surface area contributed by atoms with Crippen LogP contribution in [0, 0.1) is 0 Å². The van der Waals surface area contributed by atoms with Crippen molar-refractivity contribution in [1.82, 2.24) is 19.9 Å². The Labute approximate surface area is 177 Å². The van der Waals surface area contributed by atoms with Crippen LogP contribution in [0.25, 0.3) is 5.65 Å². The second-order valence-corrected chi connectivity index (χ2v) is 7.67. The summed E-state index contributed by atoms with van der Waals surface area (Å²) in [6.45, 7) is 6.55. The van der Waals surface area contributed by atoms with Gasteiger partial charge in [0.2, 0.25) is 0 Å². The van der Waals surface area contributed by atoms with E-state index in [2.05, 4.69) is 47.0 Å². The van der Waals surface area contributed by atoms with Gasteiger partial charge in [0.15, 0.2) is 5.65 Å². The Morgan fingerprint density at radius 1 is 1.28 bits per heavy atom. The summed E-state index contributed by atoms with van der Waals surface area (Å²) in [5.74, 6) is 1.95. The Bertz CT molecular complexity index is 930. The molecule has 4 rings (SSSR count). The number of anilines is 2. The first kappa shape index (κ1) is 21.4. The Morgan fingerprint density at radius 3 is 2.79 bits per heavy atom. The van der Waals surface area contributed by atoms with Crippen molar-refractivity contribution in [3.05, 3.63) is 53.7 Å². The zero-order valence-electron chi connectivity index (χ0n) is 16.8. The number of fused-ring (bicyclic) bond motifs is 1. The lowest BCUT2D eigenvalue weighted by molar-refractivity contribution is 0.124. The first-order chi connectivity index (χ1) is 13.6. The standard InChI is InChI=1S/C21H28N6O.ClH/c1-14(2)16-12-24-27-20(23-11-15-6-4-3-5-7-15)10-19(26-21(16)27)25-17-13-22-9-8-18(17)28;/h3-7,10,12,14,17-18,22-23,28H,8-9,11,13H2,1-2H3,(H,25,26);1H/t17?,18-;/m1./s1. The maximum Gasteiger partial charge on any atom is 0.163 e. The highest BCUT2D eigenvalue weighted by Gasteiger charge is 2.23. The van der Waals surface area contributed by atoms with Crippen LogP contribution >= 0.6 is 12.4 Å². The molecule has 1 aliphatic rings. The second-order valence-electron chi connectivity index (χ2n) is 7.67. The van der Waals surface area contributed by atoms with Crippen LogP contribution in [0.3, 0.4) is 0 Å². The van der Waals surface area contributed by atoms with Gasteiger partial charge < -0.3 is 21.1 Å². The molecule has 0 aliphatic carbocycles. The van der Waals surface area contributed by atoms with Crippen molar-refractivity contribution in [2.24, 2.45) is 0 Å². The van der Waals surface area contributed by atoms with Gasteiger partial charge in [-0.3, -0.25) is 0 Å². The number of halogens is 1. The lowest BCUT2D eigenvalue weighted by Gasteiger charge is -2.29. The van der Waals surface area contributed by atoms with Crippen molar-refractivity contribution >= 4 is 29.7 Å². The number of aliphatic hydroxyl groups is 1. The Hall–Kier alpha value is -2.35. The van der Waals surface area contributed by atoms with Crippen molar-refractivity contribution in [1.29, 1.82) is 0 Å². The maximum absolute atomic E-state index is 10.3. The number of benzene rings is 1. The van der Waals surface area contributed by atoms with Crippen LogP contribution in [0.4, 0.5) is 11.6 Å². The van der Waals surface area contributed by atoms with Crippen LogP contribution in [-0.2, 0) is 6.54 Å². The summed E-state index contributed by atoms with van der Waals surface area (Å²) in [7, 11) is 0. The van der Waals surface area contributed by atoms with Crippen LogP contribution in [0.15, 0.2) is 42.6 Å². The Balaban J connectivity index is 0.00000240. The molecule has 3 heterocycles. The van der Waals surface area contributed by atoms with Gasteiger partial charge in [-0.1, -0.05) is 44.2 Å². The fourth-order valence-corrected chi connectivity index (χ4v) is 3.56. The number of nitrogens with one attached hydrogen (secondary N) is 3. The fourth-order valence-electron chi connectivity index (χ4n) is 3.56. The number of aliphatic hydroxyl groups excluding tert-OH is 1. The minimum Gasteiger partial charge on any atom is -0.391 e. The van der Waals surface area contributed by atoms with E-state index < -0.39 is 0 Å². The summed E-state index contributed by atoms with van der Waals surface area (Å²) >= 11 is 0. The molecule has 2 aromatic heterocycles. The minimum atomic E-state index is -0.380. The highest BCUT2D eigenvalue weighted by atomic mass is 35.5. The fraction of sp³-hybridized carbons (Fsp3) is 0.429. The predicted octanol–water partition coefficient (Wildman–Crippen LogP) is 3.02. The molecule has 1 aliphatic heterocycles. The van der Waals surface area contributed by atoms with E-state index in [4.69, 9.17) is 4.98 Å². The molecule has 156 valence electrons. The van der Waals surface area contributed by atoms with E-state index in [1.807, 2.05) is 35.0 Å². The molecule has 1 aromatic carbocycles. The van der Waals surface area contributed by atoms with Gasteiger partial charge in [-0.05, 0) is 24.4 Å². The SMILES string of the molecule is CC(C)c1cnn2c(NCc3ccccc3)cc(NC3CNCC[C@H]3O)nc12.Cl. The molecule has 3 aromatic rings. The molecule has 1 fully saturated rings. The van der Waals surface area contributed by atoms with Crippen LogP contribution < -0.4 is 16.0 Å². The minimum absolute atomic E-state index is 0. The van der Waals surface area contributed by atoms with Gasteiger partial charge in [0.05, 0.1) is 18.3 Å². The van der Waals surface area contributed by atoms with Crippen LogP contribution in [-0.4, -0.2) is 44.9 Å². The number of hydrogen-bond donors (Lipinski definition) is 4. The van der Waals surface area contributed by atoms with Crippen molar-refractivity contribution in [3.8, 4) is 0 Å². The lowest BCUT2D eigenvalue weighted by Crippen LogP contribution is -2.48. The molecule has 2 atom stereocenters. The van der Waals surface area contributed by atoms with Gasteiger partial charge in [0.25, 0.3) is 0 Å². The van der Waals surface area contributed by atoms with Crippen LogP contribution in [0.5, 0.6) is 0 Å². The van der Waals surface area contributed by atoms with Crippen molar-refractivity contribution in [2.45, 2.75) is 44.9 Å². The van der Waals surface area contributed by atoms with E-state index in [1.54, 1.807) is 0 Å². The summed E-state index contributed by atoms with van der Waals surface area (Å²) in [5, 5.41) is 25.1. The molecule has 29 heavy (non-hydrogen) atoms. The number of piperidine rings is 1. The van der Waals surface area contributed by atoms with Crippen LogP contribution in [0.2, 0.25) is 0 Å². The number of nitrogens with zero attached hydrogens (tertiary/aromatic N) is 3. The largest absolute Gasteiger partial charge is 0.391 e. The average molecular weight is 417 g/mol. The summed E-state index contributed by atoms with van der Waals surface area (Å²) in [6.07, 6.45) is 2.25. The molecule has 1 saturated heterocycles. The summed E-state index contributed by atoms with van der Waals surface area (Å²) in [4.78, 5) is 4.81. The average Bonchev–Trinajstić information content (AvgIpc) is 3.13. The Morgan fingerprint density at radius 2 is 2.07 bits per heavy atom. The predicted molar refractivity (Wildman–Crippen MR) is 119 cm³/mol. The molecular formula is C21H29ClN6O. The van der Waals surface area contributed by atoms with Gasteiger partial charge in [-0.15, -0.1) is 12.4 Å². The molecule has 1 unspecified atom stereocenters. The first-order valence-electron chi connectivity index (χ1n) is 9.93. The molecule has 0 bridgehead atoms. The van der Waals surface area contributed by atoms with Crippen molar-refractivity contribution in [2.75, 3.05) is 23.7 Å². The summed E-state index contributed by atoms with van der Waals surface area (Å²) in [5.41, 5.74) is 3.15. The number of hydrogen-bond acceptors (Lipinski definition) is 6. The zero-order chi connectivity index (χ0) is 19.5. The summed E-state index contributed by atoms with van der Waals surface area (Å²) < 4.78 is 1.86. The van der Waals surface area contributed by atoms with E-state index in [9.17, 15) is 5.11 Å².